The fourth-order valence-corrected chi connectivity index (χ4v) is 2.40. The highest BCUT2D eigenvalue weighted by Crippen LogP contribution is 2.21. The lowest BCUT2D eigenvalue weighted by Crippen LogP contribution is -2.39. The molecule has 2 unspecified atom stereocenters. The first kappa shape index (κ1) is 17.2. The molecule has 0 radical (unpaired) electrons. The van der Waals surface area contributed by atoms with Gasteiger partial charge < -0.3 is 9.84 Å². The van der Waals surface area contributed by atoms with Crippen LogP contribution in [0.3, 0.4) is 0 Å². The van der Waals surface area contributed by atoms with E-state index in [-0.39, 0.29) is 6.04 Å². The molecule has 0 heterocycles. The van der Waals surface area contributed by atoms with Crippen LogP contribution < -0.4 is 0 Å². The van der Waals surface area contributed by atoms with E-state index in [9.17, 15) is 5.11 Å². The van der Waals surface area contributed by atoms with E-state index < -0.39 is 6.10 Å². The van der Waals surface area contributed by atoms with E-state index in [2.05, 4.69) is 37.8 Å². The third-order valence-corrected chi connectivity index (χ3v) is 3.90. The average molecular weight is 279 g/mol. The van der Waals surface area contributed by atoms with Crippen LogP contribution in [-0.2, 0) is 11.2 Å². The molecular formula is C17H29NO2. The van der Waals surface area contributed by atoms with Crippen LogP contribution in [0.1, 0.15) is 44.9 Å². The molecule has 114 valence electrons. The van der Waals surface area contributed by atoms with Crippen molar-refractivity contribution in [3.63, 3.8) is 0 Å². The third-order valence-electron chi connectivity index (χ3n) is 3.90. The zero-order valence-electron chi connectivity index (χ0n) is 13.3. The lowest BCUT2D eigenvalue weighted by molar-refractivity contribution is 0.0381. The Hall–Kier alpha value is -0.900. The van der Waals surface area contributed by atoms with Crippen molar-refractivity contribution >= 4 is 0 Å². The van der Waals surface area contributed by atoms with Gasteiger partial charge >= 0.3 is 0 Å². The van der Waals surface area contributed by atoms with Gasteiger partial charge in [-0.05, 0) is 37.9 Å². The Labute approximate surface area is 123 Å². The number of aryl methyl sites for hydroxylation is 1. The molecule has 0 aliphatic carbocycles. The second kappa shape index (κ2) is 9.11. The van der Waals surface area contributed by atoms with Crippen LogP contribution in [0.15, 0.2) is 24.3 Å². The van der Waals surface area contributed by atoms with E-state index in [1.165, 1.54) is 5.56 Å². The van der Waals surface area contributed by atoms with Gasteiger partial charge in [-0.25, -0.2) is 0 Å². The van der Waals surface area contributed by atoms with Crippen molar-refractivity contribution in [2.24, 2.45) is 0 Å². The standard InChI is InChI=1S/C17H29NO2/c1-5-15-8-10-16(11-9-15)17(19)14(4)18(6-2)12-13-20-7-3/h8-11,14,17,19H,5-7,12-13H2,1-4H3. The molecule has 0 fully saturated rings. The van der Waals surface area contributed by atoms with Gasteiger partial charge in [-0.1, -0.05) is 38.1 Å². The molecule has 1 rings (SSSR count). The minimum Gasteiger partial charge on any atom is -0.387 e. The second-order valence-electron chi connectivity index (χ2n) is 5.11. The molecule has 0 spiro atoms. The summed E-state index contributed by atoms with van der Waals surface area (Å²) in [6.07, 6.45) is 0.573. The van der Waals surface area contributed by atoms with Crippen LogP contribution in [0.5, 0.6) is 0 Å². The van der Waals surface area contributed by atoms with E-state index in [1.54, 1.807) is 0 Å². The summed E-state index contributed by atoms with van der Waals surface area (Å²) < 4.78 is 5.41. The Balaban J connectivity index is 2.64. The number of rotatable bonds is 9. The highest BCUT2D eigenvalue weighted by molar-refractivity contribution is 5.24. The molecule has 0 amide bonds. The van der Waals surface area contributed by atoms with Crippen LogP contribution in [0.4, 0.5) is 0 Å². The smallest absolute Gasteiger partial charge is 0.0942 e. The maximum Gasteiger partial charge on any atom is 0.0942 e. The van der Waals surface area contributed by atoms with Crippen molar-refractivity contribution in [2.75, 3.05) is 26.3 Å². The highest BCUT2D eigenvalue weighted by atomic mass is 16.5. The predicted molar refractivity (Wildman–Crippen MR) is 84.0 cm³/mol. The Morgan fingerprint density at radius 1 is 1.15 bits per heavy atom. The highest BCUT2D eigenvalue weighted by Gasteiger charge is 2.21. The summed E-state index contributed by atoms with van der Waals surface area (Å²) in [5.74, 6) is 0. The molecule has 0 saturated carbocycles. The molecule has 0 aliphatic heterocycles. The van der Waals surface area contributed by atoms with E-state index in [0.29, 0.717) is 0 Å². The fourth-order valence-electron chi connectivity index (χ4n) is 2.40. The monoisotopic (exact) mass is 279 g/mol. The number of nitrogens with zero attached hydrogens (tertiary/aromatic N) is 1. The summed E-state index contributed by atoms with van der Waals surface area (Å²) in [5, 5.41) is 10.5. The number of hydrogen-bond donors (Lipinski definition) is 1. The molecule has 2 atom stereocenters. The summed E-state index contributed by atoms with van der Waals surface area (Å²) in [5.41, 5.74) is 2.29. The lowest BCUT2D eigenvalue weighted by Gasteiger charge is -2.31. The first-order valence-electron chi connectivity index (χ1n) is 7.72. The molecule has 0 saturated heterocycles. The van der Waals surface area contributed by atoms with Crippen LogP contribution in [0, 0.1) is 0 Å². The van der Waals surface area contributed by atoms with Gasteiger partial charge in [-0.15, -0.1) is 0 Å². The first-order chi connectivity index (χ1) is 9.63. The second-order valence-corrected chi connectivity index (χ2v) is 5.11. The number of ether oxygens (including phenoxy) is 1. The van der Waals surface area contributed by atoms with Gasteiger partial charge in [0, 0.05) is 19.2 Å². The number of aliphatic hydroxyl groups is 1. The van der Waals surface area contributed by atoms with Crippen molar-refractivity contribution in [1.29, 1.82) is 0 Å². The fraction of sp³-hybridized carbons (Fsp3) is 0.647. The van der Waals surface area contributed by atoms with E-state index in [1.807, 2.05) is 19.1 Å². The van der Waals surface area contributed by atoms with E-state index in [4.69, 9.17) is 4.74 Å². The molecule has 20 heavy (non-hydrogen) atoms. The maximum atomic E-state index is 10.5. The molecule has 0 bridgehead atoms. The number of benzene rings is 1. The predicted octanol–water partition coefficient (Wildman–Crippen LogP) is 3.03. The molecular weight excluding hydrogens is 250 g/mol. The zero-order chi connectivity index (χ0) is 15.0. The average Bonchev–Trinajstić information content (AvgIpc) is 2.50. The number of likely N-dealkylation sites (N-methyl/N-ethyl adjacent to an activating group) is 1. The Morgan fingerprint density at radius 3 is 2.30 bits per heavy atom. The van der Waals surface area contributed by atoms with Crippen molar-refractivity contribution in [3.8, 4) is 0 Å². The Kier molecular flexibility index (Phi) is 7.82. The number of aliphatic hydroxyl groups excluding tert-OH is 1. The quantitative estimate of drug-likeness (QED) is 0.705. The first-order valence-corrected chi connectivity index (χ1v) is 7.72. The van der Waals surface area contributed by atoms with Crippen LogP contribution in [0.2, 0.25) is 0 Å². The molecule has 1 aromatic carbocycles. The molecule has 0 aliphatic rings. The summed E-state index contributed by atoms with van der Waals surface area (Å²) in [6.45, 7) is 11.6. The zero-order valence-corrected chi connectivity index (χ0v) is 13.3. The Morgan fingerprint density at radius 2 is 1.80 bits per heavy atom. The maximum absolute atomic E-state index is 10.5. The van der Waals surface area contributed by atoms with Crippen LogP contribution >= 0.6 is 0 Å². The summed E-state index contributed by atoms with van der Waals surface area (Å²) in [4.78, 5) is 2.26. The topological polar surface area (TPSA) is 32.7 Å². The van der Waals surface area contributed by atoms with Crippen molar-refractivity contribution in [3.05, 3.63) is 35.4 Å². The van der Waals surface area contributed by atoms with Crippen LogP contribution in [0.25, 0.3) is 0 Å². The molecule has 1 aromatic rings. The minimum atomic E-state index is -0.456. The molecule has 0 aromatic heterocycles. The van der Waals surface area contributed by atoms with Gasteiger partial charge in [0.1, 0.15) is 0 Å². The third kappa shape index (κ3) is 4.89. The van der Waals surface area contributed by atoms with Crippen LogP contribution in [-0.4, -0.2) is 42.4 Å². The van der Waals surface area contributed by atoms with Gasteiger partial charge in [0.25, 0.3) is 0 Å². The van der Waals surface area contributed by atoms with Crippen molar-refractivity contribution in [2.45, 2.75) is 46.3 Å². The van der Waals surface area contributed by atoms with Crippen molar-refractivity contribution < 1.29 is 9.84 Å². The van der Waals surface area contributed by atoms with Gasteiger partial charge in [-0.3, -0.25) is 4.90 Å². The lowest BCUT2D eigenvalue weighted by atomic mass is 10.0. The number of hydrogen-bond acceptors (Lipinski definition) is 3. The summed E-state index contributed by atoms with van der Waals surface area (Å²) in [7, 11) is 0. The largest absolute Gasteiger partial charge is 0.387 e. The minimum absolute atomic E-state index is 0.0907. The summed E-state index contributed by atoms with van der Waals surface area (Å²) in [6, 6.07) is 8.36. The SMILES string of the molecule is CCOCCN(CC)C(C)C(O)c1ccc(CC)cc1. The molecule has 3 nitrogen and oxygen atoms in total. The van der Waals surface area contributed by atoms with Gasteiger partial charge in [0.05, 0.1) is 12.7 Å². The van der Waals surface area contributed by atoms with E-state index >= 15 is 0 Å². The van der Waals surface area contributed by atoms with Crippen molar-refractivity contribution in [1.82, 2.24) is 4.90 Å². The van der Waals surface area contributed by atoms with Gasteiger partial charge in [0.15, 0.2) is 0 Å². The van der Waals surface area contributed by atoms with E-state index in [0.717, 1.165) is 38.3 Å². The normalized spacial score (nSPS) is 14.5. The van der Waals surface area contributed by atoms with Gasteiger partial charge in [0.2, 0.25) is 0 Å². The Bertz CT molecular complexity index is 364. The van der Waals surface area contributed by atoms with Gasteiger partial charge in [-0.2, -0.15) is 0 Å². The molecule has 3 heteroatoms. The summed E-state index contributed by atoms with van der Waals surface area (Å²) >= 11 is 0. The molecule has 1 N–H and O–H groups in total.